The van der Waals surface area contributed by atoms with E-state index in [1.807, 2.05) is 0 Å². The number of benzene rings is 2. The van der Waals surface area contributed by atoms with Crippen molar-refractivity contribution in [3.05, 3.63) is 59.0 Å². The van der Waals surface area contributed by atoms with E-state index in [2.05, 4.69) is 36.1 Å². The van der Waals surface area contributed by atoms with Gasteiger partial charge in [-0.25, -0.2) is 9.37 Å². The number of rotatable bonds is 17. The molecule has 2 saturated heterocycles. The molecule has 1 aliphatic carbocycles. The Morgan fingerprint density at radius 1 is 0.925 bits per heavy atom. The van der Waals surface area contributed by atoms with Crippen molar-refractivity contribution in [1.29, 1.82) is 0 Å². The molecule has 1 saturated carbocycles. The first kappa shape index (κ1) is 47.1. The third-order valence-corrected chi connectivity index (χ3v) is 12.8. The molecule has 4 N–H and O–H groups in total. The summed E-state index contributed by atoms with van der Waals surface area (Å²) in [6, 6.07) is 5.72. The molecule has 8 rings (SSSR count). The number of carbonyl (C=O) groups is 6. The Balaban J connectivity index is 0.738. The van der Waals surface area contributed by atoms with Crippen molar-refractivity contribution in [2.24, 2.45) is 0 Å². The smallest absolute Gasteiger partial charge is 0.342 e. The molecule has 3 fully saturated rings. The molecule has 1 unspecified atom stereocenters. The predicted molar refractivity (Wildman–Crippen MR) is 236 cm³/mol. The number of piperidine rings is 2. The van der Waals surface area contributed by atoms with E-state index in [1.54, 1.807) is 18.2 Å². The second-order valence-electron chi connectivity index (χ2n) is 17.1. The van der Waals surface area contributed by atoms with Gasteiger partial charge in [-0.2, -0.15) is 13.8 Å². The van der Waals surface area contributed by atoms with Crippen LogP contribution < -0.4 is 35.8 Å². The summed E-state index contributed by atoms with van der Waals surface area (Å²) < 4.78 is 62.6. The minimum absolute atomic E-state index is 0.0310. The molecule has 0 radical (unpaired) electrons. The second-order valence-corrected chi connectivity index (χ2v) is 17.1. The van der Waals surface area contributed by atoms with E-state index in [9.17, 15) is 28.8 Å². The molecule has 5 aliphatic rings. The zero-order valence-corrected chi connectivity index (χ0v) is 37.2. The summed E-state index contributed by atoms with van der Waals surface area (Å²) in [7, 11) is 2.63. The van der Waals surface area contributed by atoms with Gasteiger partial charge in [0.05, 0.1) is 68.7 Å². The number of halogens is 3. The summed E-state index contributed by atoms with van der Waals surface area (Å²) in [6.07, 6.45) is 5.80. The van der Waals surface area contributed by atoms with E-state index in [4.69, 9.17) is 14.2 Å². The zero-order valence-electron chi connectivity index (χ0n) is 37.2. The number of nitrogens with zero attached hydrogens (tertiary/aromatic N) is 6. The molecule has 3 aromatic rings. The lowest BCUT2D eigenvalue weighted by Gasteiger charge is -2.32. The number of amides is 6. The van der Waals surface area contributed by atoms with Crippen LogP contribution in [0, 0.1) is 5.82 Å². The van der Waals surface area contributed by atoms with Crippen LogP contribution in [0.1, 0.15) is 82.4 Å². The molecule has 67 heavy (non-hydrogen) atoms. The van der Waals surface area contributed by atoms with Gasteiger partial charge in [0.2, 0.25) is 17.8 Å². The van der Waals surface area contributed by atoms with Crippen LogP contribution in [0.25, 0.3) is 0 Å². The van der Waals surface area contributed by atoms with Gasteiger partial charge in [-0.1, -0.05) is 12.8 Å². The molecule has 0 bridgehead atoms. The number of aromatic nitrogens is 2. The summed E-state index contributed by atoms with van der Waals surface area (Å²) in [5.74, 6) is -8.37. The number of imide groups is 2. The van der Waals surface area contributed by atoms with Gasteiger partial charge in [-0.05, 0) is 56.4 Å². The van der Waals surface area contributed by atoms with E-state index in [1.165, 1.54) is 31.3 Å². The van der Waals surface area contributed by atoms with E-state index in [-0.39, 0.29) is 70.5 Å². The number of methoxy groups -OCH3 is 1. The van der Waals surface area contributed by atoms with E-state index < -0.39 is 59.8 Å². The largest absolute Gasteiger partial charge is 0.495 e. The summed E-state index contributed by atoms with van der Waals surface area (Å²) in [4.78, 5) is 90.1. The standard InChI is InChI=1S/C45H53F3N10O9/c1-55-35-24-50-44(54-38(35)57(28-5-3-4-6-28)25-45(47,48)43(55)64)52-33-23-32(46)31(22-36(33)65-2)39(60)51-26-11-14-56(15-12-26)16-18-67-20-19-66-17-13-49-27-7-8-29-30(21-27)42(63)58(41(29)62)34-9-10-37(59)53-40(34)61/h7-8,21-24,26,28,34,49H,3-6,9-20,25H2,1-2H3,(H,51,60)(H,50,52,54)(H,53,59,61). The molecule has 6 amide bonds. The number of likely N-dealkylation sites (tertiary alicyclic amines) is 1. The maximum absolute atomic E-state index is 15.6. The van der Waals surface area contributed by atoms with Gasteiger partial charge >= 0.3 is 5.92 Å². The highest BCUT2D eigenvalue weighted by Gasteiger charge is 2.49. The average molecular weight is 935 g/mol. The van der Waals surface area contributed by atoms with Crippen LogP contribution in [0.15, 0.2) is 36.5 Å². The Labute approximate surface area is 384 Å². The van der Waals surface area contributed by atoms with Gasteiger partial charge in [-0.3, -0.25) is 39.0 Å². The maximum Gasteiger partial charge on any atom is 0.342 e. The van der Waals surface area contributed by atoms with Gasteiger partial charge in [0.15, 0.2) is 5.82 Å². The number of hydrogen-bond donors (Lipinski definition) is 4. The Hall–Kier alpha value is -6.39. The molecule has 358 valence electrons. The summed E-state index contributed by atoms with van der Waals surface area (Å²) in [5, 5.41) is 11.2. The molecule has 19 nitrogen and oxygen atoms in total. The van der Waals surface area contributed by atoms with Gasteiger partial charge < -0.3 is 44.9 Å². The minimum Gasteiger partial charge on any atom is -0.495 e. The lowest BCUT2D eigenvalue weighted by Crippen LogP contribution is -2.54. The van der Waals surface area contributed by atoms with Crippen LogP contribution in [0.3, 0.4) is 0 Å². The number of alkyl halides is 2. The lowest BCUT2D eigenvalue weighted by atomic mass is 10.0. The van der Waals surface area contributed by atoms with Gasteiger partial charge in [-0.15, -0.1) is 0 Å². The molecule has 1 atom stereocenters. The van der Waals surface area contributed by atoms with Crippen LogP contribution in [0.5, 0.6) is 5.75 Å². The first-order chi connectivity index (χ1) is 32.2. The topological polar surface area (TPSA) is 217 Å². The third kappa shape index (κ3) is 10.3. The highest BCUT2D eigenvalue weighted by molar-refractivity contribution is 6.23. The summed E-state index contributed by atoms with van der Waals surface area (Å²) in [5.41, 5.74) is 1.03. The Morgan fingerprint density at radius 3 is 2.39 bits per heavy atom. The predicted octanol–water partition coefficient (Wildman–Crippen LogP) is 3.47. The molecule has 4 aliphatic heterocycles. The van der Waals surface area contributed by atoms with Gasteiger partial charge in [0.25, 0.3) is 23.6 Å². The van der Waals surface area contributed by atoms with Crippen molar-refractivity contribution in [2.45, 2.75) is 75.4 Å². The first-order valence-corrected chi connectivity index (χ1v) is 22.4. The molecule has 1 aromatic heterocycles. The number of anilines is 5. The van der Waals surface area contributed by atoms with Crippen molar-refractivity contribution < 1.29 is 56.1 Å². The first-order valence-electron chi connectivity index (χ1n) is 22.4. The average Bonchev–Trinajstić information content (AvgIpc) is 3.92. The SMILES string of the molecule is COc1cc(C(=O)NC2CCN(CCOCCOCCNc3ccc4c(c3)C(=O)N(C3CCC(=O)NC3=O)C4=O)CC2)c(F)cc1Nc1ncc2c(n1)N(C1CCCC1)CC(F)(F)C(=O)N2C. The maximum atomic E-state index is 15.6. The fourth-order valence-electron chi connectivity index (χ4n) is 9.15. The number of hydrogen-bond acceptors (Lipinski definition) is 15. The molecular weight excluding hydrogens is 882 g/mol. The van der Waals surface area contributed by atoms with Crippen LogP contribution in [-0.2, 0) is 23.9 Å². The highest BCUT2D eigenvalue weighted by Crippen LogP contribution is 2.40. The molecular formula is C45H53F3N10O9. The van der Waals surface area contributed by atoms with Crippen molar-refractivity contribution in [3.63, 3.8) is 0 Å². The van der Waals surface area contributed by atoms with E-state index >= 15 is 13.2 Å². The Kier molecular flexibility index (Phi) is 14.2. The van der Waals surface area contributed by atoms with Crippen LogP contribution in [-0.4, -0.2) is 153 Å². The van der Waals surface area contributed by atoms with Crippen molar-refractivity contribution in [3.8, 4) is 5.75 Å². The van der Waals surface area contributed by atoms with Crippen molar-refractivity contribution in [1.82, 2.24) is 30.4 Å². The third-order valence-electron chi connectivity index (χ3n) is 12.8. The fourth-order valence-corrected chi connectivity index (χ4v) is 9.15. The molecule has 5 heterocycles. The minimum atomic E-state index is -3.64. The number of fused-ring (bicyclic) bond motifs is 2. The Bertz CT molecular complexity index is 2410. The highest BCUT2D eigenvalue weighted by atomic mass is 19.3. The fraction of sp³-hybridized carbons (Fsp3) is 0.511. The molecule has 22 heteroatoms. The van der Waals surface area contributed by atoms with Crippen molar-refractivity contribution >= 4 is 64.3 Å². The summed E-state index contributed by atoms with van der Waals surface area (Å²) >= 11 is 0. The number of nitrogens with one attached hydrogen (secondary N) is 4. The molecule has 2 aromatic carbocycles. The quantitative estimate of drug-likeness (QED) is 0.113. The normalized spacial score (nSPS) is 20.2. The second kappa shape index (κ2) is 20.2. The number of carbonyl (C=O) groups excluding carboxylic acids is 6. The monoisotopic (exact) mass is 934 g/mol. The number of ether oxygens (including phenoxy) is 3. The van der Waals surface area contributed by atoms with Gasteiger partial charge in [0, 0.05) is 63.5 Å². The van der Waals surface area contributed by atoms with Crippen LogP contribution >= 0.6 is 0 Å². The van der Waals surface area contributed by atoms with Crippen LogP contribution in [0.4, 0.5) is 42.0 Å². The van der Waals surface area contributed by atoms with E-state index in [0.29, 0.717) is 84.0 Å². The van der Waals surface area contributed by atoms with Gasteiger partial charge in [0.1, 0.15) is 23.3 Å². The van der Waals surface area contributed by atoms with Crippen LogP contribution in [0.2, 0.25) is 0 Å². The zero-order chi connectivity index (χ0) is 47.4. The van der Waals surface area contributed by atoms with E-state index in [0.717, 1.165) is 28.7 Å². The molecule has 0 spiro atoms. The Morgan fingerprint density at radius 2 is 1.66 bits per heavy atom. The summed E-state index contributed by atoms with van der Waals surface area (Å²) in [6.45, 7) is 3.24. The lowest BCUT2D eigenvalue weighted by molar-refractivity contribution is -0.140. The van der Waals surface area contributed by atoms with Crippen molar-refractivity contribution in [2.75, 3.05) is 93.7 Å².